The van der Waals surface area contributed by atoms with Gasteiger partial charge in [-0.3, -0.25) is 22.3 Å². The Balaban J connectivity index is 2.66. The standard InChI is InChI=1S/C9H8NO2/c1-7(2)8-3-5-9(6-4-8)10(11)12/h3-6H,1-2H2/q-3. The van der Waals surface area contributed by atoms with E-state index in [1.54, 1.807) is 12.2 Å². The second-order valence-electron chi connectivity index (χ2n) is 2.41. The molecule has 0 fully saturated rings. The van der Waals surface area contributed by atoms with Gasteiger partial charge in [0, 0.05) is 4.92 Å². The molecule has 0 unspecified atom stereocenters. The van der Waals surface area contributed by atoms with E-state index in [9.17, 15) is 10.1 Å². The maximum absolute atomic E-state index is 10.2. The summed E-state index contributed by atoms with van der Waals surface area (Å²) in [5.74, 6) is 0.820. The predicted octanol–water partition coefficient (Wildman–Crippen LogP) is 1.89. The van der Waals surface area contributed by atoms with E-state index >= 15 is 0 Å². The van der Waals surface area contributed by atoms with Crippen molar-refractivity contribution in [1.82, 2.24) is 0 Å². The van der Waals surface area contributed by atoms with Gasteiger partial charge in [0.05, 0.1) is 0 Å². The Bertz CT molecular complexity index is 226. The zero-order chi connectivity index (χ0) is 9.14. The molecule has 12 heavy (non-hydrogen) atoms. The Hall–Kier alpha value is -1.77. The molecular weight excluding hydrogens is 154 g/mol. The molecule has 0 amide bonds. The highest BCUT2D eigenvalue weighted by Crippen LogP contribution is 2.22. The van der Waals surface area contributed by atoms with Crippen molar-refractivity contribution in [2.24, 2.45) is 0 Å². The van der Waals surface area contributed by atoms with Crippen LogP contribution in [0, 0.1) is 29.0 Å². The van der Waals surface area contributed by atoms with E-state index in [4.69, 9.17) is 0 Å². The third-order valence-electron chi connectivity index (χ3n) is 1.49. The monoisotopic (exact) mass is 162 g/mol. The first kappa shape index (κ1) is 8.33. The first-order valence-electron chi connectivity index (χ1n) is 3.37. The number of allylic oxidation sites excluding steroid dienone is 3. The minimum absolute atomic E-state index is 0.0833. The van der Waals surface area contributed by atoms with Crippen LogP contribution in [-0.2, 0) is 0 Å². The lowest BCUT2D eigenvalue weighted by Gasteiger charge is -2.36. The van der Waals surface area contributed by atoms with Crippen molar-refractivity contribution in [3.63, 3.8) is 0 Å². The summed E-state index contributed by atoms with van der Waals surface area (Å²) in [6.45, 7) is 7.24. The molecule has 0 radical (unpaired) electrons. The van der Waals surface area contributed by atoms with Crippen molar-refractivity contribution >= 4 is 0 Å². The van der Waals surface area contributed by atoms with Gasteiger partial charge in [-0.05, 0) is 0 Å². The largest absolute Gasteiger partial charge is 0.382 e. The van der Waals surface area contributed by atoms with Crippen molar-refractivity contribution in [2.45, 2.75) is 0 Å². The summed E-state index contributed by atoms with van der Waals surface area (Å²) in [4.78, 5) is 9.81. The maximum Gasteiger partial charge on any atom is 0.159 e. The fourth-order valence-electron chi connectivity index (χ4n) is 0.819. The fraction of sp³-hybridized carbons (Fsp3) is 0. The molecule has 0 aromatic carbocycles. The van der Waals surface area contributed by atoms with E-state index in [2.05, 4.69) is 13.5 Å². The van der Waals surface area contributed by atoms with Crippen LogP contribution >= 0.6 is 0 Å². The van der Waals surface area contributed by atoms with Gasteiger partial charge < -0.3 is 25.0 Å². The molecule has 0 atom stereocenters. The molecule has 1 aliphatic rings. The van der Waals surface area contributed by atoms with Gasteiger partial charge in [0.25, 0.3) is 0 Å². The van der Waals surface area contributed by atoms with E-state index in [0.29, 0.717) is 5.57 Å². The molecule has 0 saturated heterocycles. The SMILES string of the molecule is C=C([CH2-])[C-]1C=C[C-]([N+](=O)[O-])C=C1. The average Bonchev–Trinajstić information content (AvgIpc) is 2.04. The van der Waals surface area contributed by atoms with Crippen LogP contribution in [0.3, 0.4) is 0 Å². The summed E-state index contributed by atoms with van der Waals surface area (Å²) >= 11 is 0. The third kappa shape index (κ3) is 1.63. The van der Waals surface area contributed by atoms with E-state index in [-0.39, 0.29) is 6.04 Å². The maximum atomic E-state index is 10.2. The van der Waals surface area contributed by atoms with E-state index in [1.807, 2.05) is 0 Å². The molecular formula is C9H8NO2-3. The van der Waals surface area contributed by atoms with Crippen LogP contribution in [0.5, 0.6) is 0 Å². The topological polar surface area (TPSA) is 43.1 Å². The molecule has 3 heteroatoms. The number of hydrogen-bond donors (Lipinski definition) is 0. The van der Waals surface area contributed by atoms with Crippen molar-refractivity contribution in [3.8, 4) is 0 Å². The molecule has 0 aliphatic heterocycles. The van der Waals surface area contributed by atoms with Crippen LogP contribution in [0.15, 0.2) is 36.5 Å². The highest BCUT2D eigenvalue weighted by molar-refractivity contribution is 5.47. The van der Waals surface area contributed by atoms with Crippen LogP contribution in [0.4, 0.5) is 0 Å². The Morgan fingerprint density at radius 3 is 2.25 bits per heavy atom. The Morgan fingerprint density at radius 2 is 1.92 bits per heavy atom. The van der Waals surface area contributed by atoms with E-state index in [1.165, 1.54) is 12.2 Å². The lowest BCUT2D eigenvalue weighted by Crippen LogP contribution is -2.08. The van der Waals surface area contributed by atoms with Crippen LogP contribution in [0.2, 0.25) is 0 Å². The van der Waals surface area contributed by atoms with E-state index in [0.717, 1.165) is 5.92 Å². The van der Waals surface area contributed by atoms with E-state index < -0.39 is 4.92 Å². The highest BCUT2D eigenvalue weighted by Gasteiger charge is 2.04. The lowest BCUT2D eigenvalue weighted by atomic mass is 9.95. The number of rotatable bonds is 2. The molecule has 3 nitrogen and oxygen atoms in total. The molecule has 1 rings (SSSR count). The van der Waals surface area contributed by atoms with Gasteiger partial charge >= 0.3 is 0 Å². The van der Waals surface area contributed by atoms with Gasteiger partial charge in [-0.15, -0.1) is 12.2 Å². The van der Waals surface area contributed by atoms with Gasteiger partial charge in [-0.2, -0.15) is 0 Å². The van der Waals surface area contributed by atoms with Gasteiger partial charge in [-0.1, -0.05) is 0 Å². The number of hydrogen-bond acceptors (Lipinski definition) is 2. The molecule has 0 aromatic rings. The molecule has 0 N–H and O–H groups in total. The summed E-state index contributed by atoms with van der Waals surface area (Å²) in [5.41, 5.74) is 0.657. The fourth-order valence-corrected chi connectivity index (χ4v) is 0.819. The van der Waals surface area contributed by atoms with Crippen LogP contribution in [-0.4, -0.2) is 4.92 Å². The summed E-state index contributed by atoms with van der Waals surface area (Å²) in [6, 6.07) is 0.0833. The summed E-state index contributed by atoms with van der Waals surface area (Å²) < 4.78 is 0. The number of nitrogens with zero attached hydrogens (tertiary/aromatic N) is 1. The first-order chi connectivity index (χ1) is 5.61. The second-order valence-corrected chi connectivity index (χ2v) is 2.41. The summed E-state index contributed by atoms with van der Waals surface area (Å²) in [7, 11) is 0. The number of nitro groups is 1. The normalized spacial score (nSPS) is 15.0. The van der Waals surface area contributed by atoms with Gasteiger partial charge in [0.15, 0.2) is 6.04 Å². The molecule has 0 heterocycles. The average molecular weight is 162 g/mol. The van der Waals surface area contributed by atoms with Crippen LogP contribution in [0.25, 0.3) is 0 Å². The molecule has 64 valence electrons. The molecule has 0 aromatic heterocycles. The zero-order valence-corrected chi connectivity index (χ0v) is 6.49. The minimum Gasteiger partial charge on any atom is -0.382 e. The predicted molar refractivity (Wildman–Crippen MR) is 46.3 cm³/mol. The third-order valence-corrected chi connectivity index (χ3v) is 1.49. The summed E-state index contributed by atoms with van der Waals surface area (Å²) in [5, 5.41) is 10.2. The quantitative estimate of drug-likeness (QED) is 0.353. The van der Waals surface area contributed by atoms with Crippen molar-refractivity contribution in [2.75, 3.05) is 0 Å². The lowest BCUT2D eigenvalue weighted by molar-refractivity contribution is -0.448. The van der Waals surface area contributed by atoms with Crippen molar-refractivity contribution in [1.29, 1.82) is 0 Å². The van der Waals surface area contributed by atoms with Crippen molar-refractivity contribution in [3.05, 3.63) is 65.5 Å². The molecule has 0 bridgehead atoms. The Kier molecular flexibility index (Phi) is 2.14. The van der Waals surface area contributed by atoms with Crippen LogP contribution in [0.1, 0.15) is 0 Å². The molecule has 1 aliphatic carbocycles. The van der Waals surface area contributed by atoms with Crippen molar-refractivity contribution < 1.29 is 4.92 Å². The molecule has 0 spiro atoms. The Labute approximate surface area is 71.2 Å². The van der Waals surface area contributed by atoms with Gasteiger partial charge in [-0.25, -0.2) is 0 Å². The highest BCUT2D eigenvalue weighted by atomic mass is 16.6. The van der Waals surface area contributed by atoms with Crippen LogP contribution < -0.4 is 0 Å². The molecule has 0 saturated carbocycles. The second kappa shape index (κ2) is 3.09. The zero-order valence-electron chi connectivity index (χ0n) is 6.49. The minimum atomic E-state index is -0.435. The first-order valence-corrected chi connectivity index (χ1v) is 3.37. The Morgan fingerprint density at radius 1 is 1.42 bits per heavy atom. The summed E-state index contributed by atoms with van der Waals surface area (Å²) in [6.07, 6.45) is 6.14. The smallest absolute Gasteiger partial charge is 0.159 e. The van der Waals surface area contributed by atoms with Gasteiger partial charge in [0.2, 0.25) is 0 Å². The van der Waals surface area contributed by atoms with Gasteiger partial charge in [0.1, 0.15) is 0 Å².